The van der Waals surface area contributed by atoms with Crippen LogP contribution >= 0.6 is 0 Å². The Morgan fingerprint density at radius 2 is 1.93 bits per heavy atom. The molecule has 1 aromatic rings. The summed E-state index contributed by atoms with van der Waals surface area (Å²) in [5.74, 6) is -2.68. The highest BCUT2D eigenvalue weighted by Gasteiger charge is 2.33. The molecule has 0 radical (unpaired) electrons. The molecule has 0 spiro atoms. The summed E-state index contributed by atoms with van der Waals surface area (Å²) in [5.41, 5.74) is 0. The molecule has 15 heavy (non-hydrogen) atoms. The van der Waals surface area contributed by atoms with Gasteiger partial charge in [-0.3, -0.25) is 9.58 Å². The van der Waals surface area contributed by atoms with E-state index in [0.717, 1.165) is 25.9 Å². The van der Waals surface area contributed by atoms with Crippen molar-refractivity contribution in [3.63, 3.8) is 0 Å². The van der Waals surface area contributed by atoms with E-state index in [1.807, 2.05) is 4.90 Å². The third-order valence-corrected chi connectivity index (χ3v) is 2.61. The molecule has 0 atom stereocenters. The Balaban J connectivity index is 1.88. The Kier molecular flexibility index (Phi) is 3.00. The fourth-order valence-electron chi connectivity index (χ4n) is 1.95. The second-order valence-corrected chi connectivity index (χ2v) is 4.04. The van der Waals surface area contributed by atoms with E-state index in [1.54, 1.807) is 12.3 Å². The summed E-state index contributed by atoms with van der Waals surface area (Å²) in [6.45, 7) is 1.13. The van der Waals surface area contributed by atoms with Gasteiger partial charge in [0.2, 0.25) is 0 Å². The standard InChI is InChI=1S/C10H15F2N3/c11-10(12,8-14-5-1-2-6-14)9-15-7-3-4-13-15/h3-4,7H,1-2,5-6,8-9H2. The molecular formula is C10H15F2N3. The van der Waals surface area contributed by atoms with Crippen LogP contribution in [0, 0.1) is 0 Å². The van der Waals surface area contributed by atoms with Gasteiger partial charge in [0.1, 0.15) is 6.54 Å². The lowest BCUT2D eigenvalue weighted by molar-refractivity contribution is -0.0443. The number of aromatic nitrogens is 2. The minimum absolute atomic E-state index is 0.146. The second kappa shape index (κ2) is 4.26. The molecule has 0 aromatic carbocycles. The smallest absolute Gasteiger partial charge is 0.279 e. The molecule has 0 amide bonds. The van der Waals surface area contributed by atoms with Crippen LogP contribution in [0.25, 0.3) is 0 Å². The van der Waals surface area contributed by atoms with E-state index in [2.05, 4.69) is 5.10 Å². The largest absolute Gasteiger partial charge is 0.297 e. The Bertz CT molecular complexity index is 292. The zero-order chi connectivity index (χ0) is 10.7. The predicted octanol–water partition coefficient (Wildman–Crippen LogP) is 1.61. The Morgan fingerprint density at radius 3 is 2.53 bits per heavy atom. The number of rotatable bonds is 4. The average molecular weight is 215 g/mol. The van der Waals surface area contributed by atoms with Gasteiger partial charge in [0.25, 0.3) is 5.92 Å². The zero-order valence-electron chi connectivity index (χ0n) is 8.57. The fourth-order valence-corrected chi connectivity index (χ4v) is 1.95. The minimum atomic E-state index is -2.68. The lowest BCUT2D eigenvalue weighted by Gasteiger charge is -2.22. The second-order valence-electron chi connectivity index (χ2n) is 4.04. The van der Waals surface area contributed by atoms with Crippen molar-refractivity contribution in [3.05, 3.63) is 18.5 Å². The summed E-state index contributed by atoms with van der Waals surface area (Å²) in [6, 6.07) is 1.66. The number of hydrogen-bond donors (Lipinski definition) is 0. The number of hydrogen-bond acceptors (Lipinski definition) is 2. The highest BCUT2D eigenvalue weighted by atomic mass is 19.3. The molecule has 1 aliphatic heterocycles. The molecule has 0 unspecified atom stereocenters. The molecule has 0 N–H and O–H groups in total. The maximum absolute atomic E-state index is 13.5. The molecule has 2 heterocycles. The number of nitrogens with zero attached hydrogens (tertiary/aromatic N) is 3. The number of halogens is 2. The molecule has 0 saturated carbocycles. The molecule has 1 fully saturated rings. The molecule has 0 bridgehead atoms. The van der Waals surface area contributed by atoms with Gasteiger partial charge in [-0.25, -0.2) is 8.78 Å². The summed E-state index contributed by atoms with van der Waals surface area (Å²) in [4.78, 5) is 1.82. The van der Waals surface area contributed by atoms with Gasteiger partial charge in [0.05, 0.1) is 6.54 Å². The van der Waals surface area contributed by atoms with Gasteiger partial charge in [-0.1, -0.05) is 0 Å². The first-order chi connectivity index (χ1) is 7.16. The van der Waals surface area contributed by atoms with E-state index in [4.69, 9.17) is 0 Å². The van der Waals surface area contributed by atoms with Crippen LogP contribution in [0.3, 0.4) is 0 Å². The van der Waals surface area contributed by atoms with Crippen molar-refractivity contribution in [1.82, 2.24) is 14.7 Å². The topological polar surface area (TPSA) is 21.1 Å². The Labute approximate surface area is 87.7 Å². The van der Waals surface area contributed by atoms with E-state index in [1.165, 1.54) is 10.9 Å². The predicted molar refractivity (Wildman–Crippen MR) is 52.8 cm³/mol. The summed E-state index contributed by atoms with van der Waals surface area (Å²) < 4.78 is 28.4. The van der Waals surface area contributed by atoms with Crippen molar-refractivity contribution in [2.45, 2.75) is 25.3 Å². The van der Waals surface area contributed by atoms with Crippen molar-refractivity contribution < 1.29 is 8.78 Å². The van der Waals surface area contributed by atoms with E-state index >= 15 is 0 Å². The molecular weight excluding hydrogens is 200 g/mol. The molecule has 1 aromatic heterocycles. The highest BCUT2D eigenvalue weighted by Crippen LogP contribution is 2.20. The van der Waals surface area contributed by atoms with Crippen LogP contribution in [-0.2, 0) is 6.54 Å². The molecule has 2 rings (SSSR count). The monoisotopic (exact) mass is 215 g/mol. The first-order valence-electron chi connectivity index (χ1n) is 5.23. The average Bonchev–Trinajstić information content (AvgIpc) is 2.75. The van der Waals surface area contributed by atoms with Gasteiger partial charge < -0.3 is 0 Å². The van der Waals surface area contributed by atoms with Crippen LogP contribution in [-0.4, -0.2) is 40.2 Å². The van der Waals surface area contributed by atoms with E-state index in [9.17, 15) is 8.78 Å². The van der Waals surface area contributed by atoms with Gasteiger partial charge >= 0.3 is 0 Å². The van der Waals surface area contributed by atoms with Gasteiger partial charge in [0.15, 0.2) is 0 Å². The summed E-state index contributed by atoms with van der Waals surface area (Å²) in [5, 5.41) is 3.79. The van der Waals surface area contributed by atoms with Crippen LogP contribution in [0.5, 0.6) is 0 Å². The first kappa shape index (κ1) is 10.5. The first-order valence-corrected chi connectivity index (χ1v) is 5.23. The van der Waals surface area contributed by atoms with Crippen LogP contribution in [0.15, 0.2) is 18.5 Å². The van der Waals surface area contributed by atoms with Crippen molar-refractivity contribution in [3.8, 4) is 0 Å². The summed E-state index contributed by atoms with van der Waals surface area (Å²) in [6.07, 6.45) is 5.17. The SMILES string of the molecule is FC(F)(CN1CCCC1)Cn1cccn1. The molecule has 0 aliphatic carbocycles. The molecule has 1 saturated heterocycles. The van der Waals surface area contributed by atoms with E-state index in [0.29, 0.717) is 0 Å². The van der Waals surface area contributed by atoms with E-state index in [-0.39, 0.29) is 13.1 Å². The van der Waals surface area contributed by atoms with Crippen molar-refractivity contribution in [2.75, 3.05) is 19.6 Å². The van der Waals surface area contributed by atoms with Gasteiger partial charge in [-0.2, -0.15) is 5.10 Å². The Morgan fingerprint density at radius 1 is 1.20 bits per heavy atom. The Hall–Kier alpha value is -0.970. The van der Waals surface area contributed by atoms with Crippen LogP contribution in [0.4, 0.5) is 8.78 Å². The van der Waals surface area contributed by atoms with Gasteiger partial charge in [-0.15, -0.1) is 0 Å². The third kappa shape index (κ3) is 2.99. The summed E-state index contributed by atoms with van der Waals surface area (Å²) in [7, 11) is 0. The molecule has 1 aliphatic rings. The maximum atomic E-state index is 13.5. The van der Waals surface area contributed by atoms with Crippen LogP contribution < -0.4 is 0 Å². The lowest BCUT2D eigenvalue weighted by Crippen LogP contribution is -2.38. The molecule has 5 heteroatoms. The molecule has 84 valence electrons. The summed E-state index contributed by atoms with van der Waals surface area (Å²) >= 11 is 0. The number of alkyl halides is 2. The van der Waals surface area contributed by atoms with Gasteiger partial charge in [0, 0.05) is 12.4 Å². The van der Waals surface area contributed by atoms with Gasteiger partial charge in [-0.05, 0) is 32.0 Å². The fraction of sp³-hybridized carbons (Fsp3) is 0.700. The van der Waals surface area contributed by atoms with Crippen molar-refractivity contribution >= 4 is 0 Å². The number of likely N-dealkylation sites (tertiary alicyclic amines) is 1. The lowest BCUT2D eigenvalue weighted by atomic mass is 10.3. The van der Waals surface area contributed by atoms with Crippen LogP contribution in [0.2, 0.25) is 0 Å². The normalized spacial score (nSPS) is 18.5. The highest BCUT2D eigenvalue weighted by molar-refractivity contribution is 4.82. The third-order valence-electron chi connectivity index (χ3n) is 2.61. The van der Waals surface area contributed by atoms with Crippen LogP contribution in [0.1, 0.15) is 12.8 Å². The zero-order valence-corrected chi connectivity index (χ0v) is 8.57. The minimum Gasteiger partial charge on any atom is -0.297 e. The van der Waals surface area contributed by atoms with E-state index < -0.39 is 5.92 Å². The maximum Gasteiger partial charge on any atom is 0.279 e. The quantitative estimate of drug-likeness (QED) is 0.761. The van der Waals surface area contributed by atoms with Crippen molar-refractivity contribution in [1.29, 1.82) is 0 Å². The van der Waals surface area contributed by atoms with Crippen molar-refractivity contribution in [2.24, 2.45) is 0 Å². The molecule has 3 nitrogen and oxygen atoms in total.